The number of unbranched alkanes of at least 4 members (excludes halogenated alkanes) is 1. The minimum Gasteiger partial charge on any atom is -0.309 e. The Balaban J connectivity index is 2.13. The molecule has 1 N–H and O–H groups in total. The standard InChI is InChI=1S/C15H24N2O2S2/c1-4-5-6-9-17(3)21(18,19)15-12(2)11-20-14(15)10-16-13-7-8-13/h4,11,13,16H,1,5-10H2,2-3H3. The predicted octanol–water partition coefficient (Wildman–Crippen LogP) is 2.90. The molecule has 0 aromatic carbocycles. The van der Waals surface area contributed by atoms with E-state index in [2.05, 4.69) is 11.9 Å². The van der Waals surface area contributed by atoms with E-state index in [9.17, 15) is 8.42 Å². The van der Waals surface area contributed by atoms with E-state index in [1.165, 1.54) is 28.5 Å². The van der Waals surface area contributed by atoms with Gasteiger partial charge in [-0.05, 0) is 43.6 Å². The summed E-state index contributed by atoms with van der Waals surface area (Å²) >= 11 is 1.53. The Bertz CT molecular complexity index is 589. The fraction of sp³-hybridized carbons (Fsp3) is 0.600. The molecule has 0 amide bonds. The SMILES string of the molecule is C=CCCCN(C)S(=O)(=O)c1c(C)csc1CNC1CC1. The zero-order valence-corrected chi connectivity index (χ0v) is 14.4. The highest BCUT2D eigenvalue weighted by molar-refractivity contribution is 7.89. The molecule has 1 heterocycles. The van der Waals surface area contributed by atoms with Gasteiger partial charge in [0.05, 0.1) is 0 Å². The lowest BCUT2D eigenvalue weighted by Crippen LogP contribution is -2.29. The van der Waals surface area contributed by atoms with Crippen molar-refractivity contribution in [1.29, 1.82) is 0 Å². The Morgan fingerprint density at radius 2 is 2.24 bits per heavy atom. The molecule has 0 unspecified atom stereocenters. The molecule has 2 rings (SSSR count). The lowest BCUT2D eigenvalue weighted by atomic mass is 10.3. The second kappa shape index (κ2) is 7.05. The highest BCUT2D eigenvalue weighted by atomic mass is 32.2. The van der Waals surface area contributed by atoms with Crippen molar-refractivity contribution in [3.63, 3.8) is 0 Å². The van der Waals surface area contributed by atoms with E-state index in [0.29, 0.717) is 24.0 Å². The first-order chi connectivity index (χ1) is 9.96. The minimum absolute atomic E-state index is 0.502. The van der Waals surface area contributed by atoms with Crippen LogP contribution in [0.2, 0.25) is 0 Å². The van der Waals surface area contributed by atoms with Crippen molar-refractivity contribution in [2.24, 2.45) is 0 Å². The Hall–Kier alpha value is -0.690. The molecule has 118 valence electrons. The van der Waals surface area contributed by atoms with Crippen LogP contribution in [0.15, 0.2) is 22.9 Å². The van der Waals surface area contributed by atoms with Gasteiger partial charge in [0.1, 0.15) is 4.90 Å². The van der Waals surface area contributed by atoms with E-state index in [4.69, 9.17) is 0 Å². The number of aryl methyl sites for hydroxylation is 1. The molecule has 1 aliphatic carbocycles. The van der Waals surface area contributed by atoms with Gasteiger partial charge < -0.3 is 5.32 Å². The predicted molar refractivity (Wildman–Crippen MR) is 88.2 cm³/mol. The van der Waals surface area contributed by atoms with Gasteiger partial charge in [0.25, 0.3) is 0 Å². The summed E-state index contributed by atoms with van der Waals surface area (Å²) in [7, 11) is -1.74. The number of hydrogen-bond acceptors (Lipinski definition) is 4. The molecule has 0 aliphatic heterocycles. The molecular formula is C15H24N2O2S2. The zero-order valence-electron chi connectivity index (χ0n) is 12.8. The van der Waals surface area contributed by atoms with Gasteiger partial charge in [-0.1, -0.05) is 6.08 Å². The van der Waals surface area contributed by atoms with Crippen molar-refractivity contribution in [1.82, 2.24) is 9.62 Å². The van der Waals surface area contributed by atoms with E-state index in [-0.39, 0.29) is 0 Å². The molecule has 0 bridgehead atoms. The van der Waals surface area contributed by atoms with E-state index in [1.54, 1.807) is 7.05 Å². The first-order valence-electron chi connectivity index (χ1n) is 7.34. The molecule has 1 aliphatic rings. The second-order valence-electron chi connectivity index (χ2n) is 5.58. The summed E-state index contributed by atoms with van der Waals surface area (Å²) in [6.45, 7) is 6.72. The third-order valence-electron chi connectivity index (χ3n) is 3.67. The minimum atomic E-state index is -3.40. The van der Waals surface area contributed by atoms with Crippen LogP contribution in [0.3, 0.4) is 0 Å². The van der Waals surface area contributed by atoms with E-state index in [1.807, 2.05) is 18.4 Å². The number of sulfonamides is 1. The summed E-state index contributed by atoms with van der Waals surface area (Å²) in [5.41, 5.74) is 0.850. The quantitative estimate of drug-likeness (QED) is 0.560. The normalized spacial score (nSPS) is 15.6. The molecule has 0 saturated heterocycles. The van der Waals surface area contributed by atoms with Crippen LogP contribution >= 0.6 is 11.3 Å². The van der Waals surface area contributed by atoms with Gasteiger partial charge in [0, 0.05) is 31.1 Å². The molecule has 0 atom stereocenters. The van der Waals surface area contributed by atoms with Gasteiger partial charge in [-0.2, -0.15) is 0 Å². The summed E-state index contributed by atoms with van der Waals surface area (Å²) in [4.78, 5) is 1.43. The maximum atomic E-state index is 12.8. The van der Waals surface area contributed by atoms with Gasteiger partial charge in [0.2, 0.25) is 10.0 Å². The summed E-state index contributed by atoms with van der Waals surface area (Å²) in [6.07, 6.45) is 5.86. The second-order valence-corrected chi connectivity index (χ2v) is 8.53. The third kappa shape index (κ3) is 4.16. The molecular weight excluding hydrogens is 304 g/mol. The summed E-state index contributed by atoms with van der Waals surface area (Å²) in [6, 6.07) is 0.577. The molecule has 1 fully saturated rings. The Labute approximate surface area is 131 Å². The van der Waals surface area contributed by atoms with Gasteiger partial charge >= 0.3 is 0 Å². The molecule has 4 nitrogen and oxygen atoms in total. The zero-order chi connectivity index (χ0) is 15.5. The van der Waals surface area contributed by atoms with E-state index in [0.717, 1.165) is 23.3 Å². The molecule has 1 aromatic heterocycles. The smallest absolute Gasteiger partial charge is 0.244 e. The van der Waals surface area contributed by atoms with Gasteiger partial charge in [0.15, 0.2) is 0 Å². The average molecular weight is 329 g/mol. The monoisotopic (exact) mass is 328 g/mol. The van der Waals surface area contributed by atoms with Gasteiger partial charge in [-0.25, -0.2) is 12.7 Å². The van der Waals surface area contributed by atoms with Crippen LogP contribution < -0.4 is 5.32 Å². The Morgan fingerprint density at radius 3 is 2.86 bits per heavy atom. The van der Waals surface area contributed by atoms with Crippen LogP contribution in [0.1, 0.15) is 36.1 Å². The molecule has 1 aromatic rings. The number of nitrogens with one attached hydrogen (secondary N) is 1. The first kappa shape index (κ1) is 16.7. The van der Waals surface area contributed by atoms with Crippen molar-refractivity contribution < 1.29 is 8.42 Å². The molecule has 6 heteroatoms. The average Bonchev–Trinajstić information content (AvgIpc) is 3.19. The molecule has 0 radical (unpaired) electrons. The van der Waals surface area contributed by atoms with Crippen molar-refractivity contribution in [3.05, 3.63) is 28.5 Å². The van der Waals surface area contributed by atoms with E-state index < -0.39 is 10.0 Å². The van der Waals surface area contributed by atoms with Crippen LogP contribution in [0.25, 0.3) is 0 Å². The third-order valence-corrected chi connectivity index (χ3v) is 6.99. The summed E-state index contributed by atoms with van der Waals surface area (Å²) in [5, 5.41) is 5.34. The largest absolute Gasteiger partial charge is 0.309 e. The number of allylic oxidation sites excluding steroid dienone is 1. The highest BCUT2D eigenvalue weighted by Crippen LogP contribution is 2.30. The number of hydrogen-bond donors (Lipinski definition) is 1. The van der Waals surface area contributed by atoms with Crippen LogP contribution in [-0.4, -0.2) is 32.4 Å². The fourth-order valence-corrected chi connectivity index (χ4v) is 5.13. The van der Waals surface area contributed by atoms with Crippen LogP contribution in [0, 0.1) is 6.92 Å². The topological polar surface area (TPSA) is 49.4 Å². The molecule has 0 spiro atoms. The maximum absolute atomic E-state index is 12.8. The van der Waals surface area contributed by atoms with Crippen molar-refractivity contribution in [2.45, 2.75) is 50.1 Å². The van der Waals surface area contributed by atoms with Crippen molar-refractivity contribution >= 4 is 21.4 Å². The number of thiophene rings is 1. The van der Waals surface area contributed by atoms with Gasteiger partial charge in [-0.15, -0.1) is 17.9 Å². The fourth-order valence-electron chi connectivity index (χ4n) is 2.21. The molecule has 21 heavy (non-hydrogen) atoms. The number of nitrogens with zero attached hydrogens (tertiary/aromatic N) is 1. The highest BCUT2D eigenvalue weighted by Gasteiger charge is 2.28. The van der Waals surface area contributed by atoms with Crippen molar-refractivity contribution in [3.8, 4) is 0 Å². The van der Waals surface area contributed by atoms with E-state index >= 15 is 0 Å². The summed E-state index contributed by atoms with van der Waals surface area (Å²) in [5.74, 6) is 0. The molecule has 1 saturated carbocycles. The van der Waals surface area contributed by atoms with Crippen LogP contribution in [0.4, 0.5) is 0 Å². The summed E-state index contributed by atoms with van der Waals surface area (Å²) < 4.78 is 27.0. The Kier molecular flexibility index (Phi) is 5.60. The number of rotatable bonds is 9. The van der Waals surface area contributed by atoms with Crippen molar-refractivity contribution in [2.75, 3.05) is 13.6 Å². The van der Waals surface area contributed by atoms with Gasteiger partial charge in [-0.3, -0.25) is 0 Å². The Morgan fingerprint density at radius 1 is 1.52 bits per heavy atom. The lowest BCUT2D eigenvalue weighted by molar-refractivity contribution is 0.461. The first-order valence-corrected chi connectivity index (χ1v) is 9.66. The maximum Gasteiger partial charge on any atom is 0.244 e. The lowest BCUT2D eigenvalue weighted by Gasteiger charge is -2.18. The van der Waals surface area contributed by atoms with Crippen LogP contribution in [0.5, 0.6) is 0 Å². The van der Waals surface area contributed by atoms with Crippen LogP contribution in [-0.2, 0) is 16.6 Å².